The molecule has 0 bridgehead atoms. The van der Waals surface area contributed by atoms with Gasteiger partial charge in [0.25, 0.3) is 0 Å². The number of esters is 1. The molecule has 3 fully saturated rings. The number of hydrogen-bond acceptors (Lipinski definition) is 6. The van der Waals surface area contributed by atoms with Crippen LogP contribution in [0.4, 0.5) is 0 Å². The van der Waals surface area contributed by atoms with Gasteiger partial charge in [-0.2, -0.15) is 0 Å². The smallest absolute Gasteiger partial charge is 0.327 e. The molecule has 3 saturated heterocycles. The molecule has 7 heteroatoms. The molecule has 172 valence electrons. The van der Waals surface area contributed by atoms with E-state index in [1.807, 2.05) is 48.5 Å². The molecule has 3 aliphatic heterocycles. The molecular weight excluding hydrogens is 420 g/mol. The maximum absolute atomic E-state index is 13.3. The Morgan fingerprint density at radius 3 is 2.48 bits per heavy atom. The molecule has 2 amide bonds. The van der Waals surface area contributed by atoms with E-state index in [-0.39, 0.29) is 11.8 Å². The van der Waals surface area contributed by atoms with Crippen LogP contribution in [-0.4, -0.2) is 60.9 Å². The van der Waals surface area contributed by atoms with E-state index in [0.29, 0.717) is 18.7 Å². The maximum Gasteiger partial charge on any atom is 0.327 e. The Morgan fingerprint density at radius 2 is 1.79 bits per heavy atom. The van der Waals surface area contributed by atoms with Gasteiger partial charge in [-0.3, -0.25) is 24.2 Å². The van der Waals surface area contributed by atoms with Gasteiger partial charge >= 0.3 is 5.97 Å². The fraction of sp³-hybridized carbons (Fsp3) is 0.423. The fourth-order valence-electron chi connectivity index (χ4n) is 6.25. The van der Waals surface area contributed by atoms with E-state index in [9.17, 15) is 14.4 Å². The van der Waals surface area contributed by atoms with Crippen LogP contribution in [0.25, 0.3) is 11.1 Å². The van der Waals surface area contributed by atoms with Crippen molar-refractivity contribution in [2.75, 3.05) is 27.8 Å². The van der Waals surface area contributed by atoms with E-state index in [2.05, 4.69) is 4.90 Å². The van der Waals surface area contributed by atoms with Gasteiger partial charge < -0.3 is 9.47 Å². The summed E-state index contributed by atoms with van der Waals surface area (Å²) in [6.45, 7) is 0.625. The lowest BCUT2D eigenvalue weighted by atomic mass is 9.75. The van der Waals surface area contributed by atoms with E-state index < -0.39 is 29.4 Å². The Morgan fingerprint density at radius 1 is 1.03 bits per heavy atom. The number of carbonyl (C=O) groups excluding carboxylic acids is 3. The number of hydrogen-bond donors (Lipinski definition) is 0. The Labute approximate surface area is 193 Å². The molecule has 3 aliphatic rings. The van der Waals surface area contributed by atoms with Gasteiger partial charge in [0, 0.05) is 18.7 Å². The zero-order valence-corrected chi connectivity index (χ0v) is 19.1. The van der Waals surface area contributed by atoms with Crippen LogP contribution in [0.15, 0.2) is 48.5 Å². The van der Waals surface area contributed by atoms with Crippen molar-refractivity contribution in [1.82, 2.24) is 9.80 Å². The molecule has 2 aromatic rings. The minimum atomic E-state index is -1.12. The normalized spacial score (nSPS) is 29.1. The Hall–Kier alpha value is -3.19. The van der Waals surface area contributed by atoms with Gasteiger partial charge in [0.05, 0.1) is 26.1 Å². The minimum absolute atomic E-state index is 0.237. The van der Waals surface area contributed by atoms with E-state index >= 15 is 0 Å². The van der Waals surface area contributed by atoms with E-state index in [1.165, 1.54) is 19.1 Å². The van der Waals surface area contributed by atoms with Crippen molar-refractivity contribution < 1.29 is 23.9 Å². The van der Waals surface area contributed by atoms with Crippen molar-refractivity contribution in [1.29, 1.82) is 0 Å². The zero-order chi connectivity index (χ0) is 23.3. The highest BCUT2D eigenvalue weighted by Crippen LogP contribution is 2.58. The molecular formula is C26H28N2O5. The van der Waals surface area contributed by atoms with Gasteiger partial charge in [0.15, 0.2) is 0 Å². The summed E-state index contributed by atoms with van der Waals surface area (Å²) in [4.78, 5) is 43.1. The molecule has 0 spiro atoms. The van der Waals surface area contributed by atoms with E-state index in [4.69, 9.17) is 9.47 Å². The highest BCUT2D eigenvalue weighted by atomic mass is 16.5. The number of carbonyl (C=O) groups is 3. The molecule has 7 nitrogen and oxygen atoms in total. The third-order valence-corrected chi connectivity index (χ3v) is 7.67. The monoisotopic (exact) mass is 448 g/mol. The summed E-state index contributed by atoms with van der Waals surface area (Å²) in [5.74, 6) is -1.65. The number of nitrogens with zero attached hydrogens (tertiary/aromatic N) is 2. The molecule has 4 atom stereocenters. The second kappa shape index (κ2) is 7.99. The second-order valence-corrected chi connectivity index (χ2v) is 9.08. The predicted octanol–water partition coefficient (Wildman–Crippen LogP) is 3.05. The average molecular weight is 449 g/mol. The molecule has 0 saturated carbocycles. The number of fused-ring (bicyclic) bond motifs is 3. The van der Waals surface area contributed by atoms with Gasteiger partial charge in [-0.25, -0.2) is 0 Å². The van der Waals surface area contributed by atoms with Crippen molar-refractivity contribution in [3.8, 4) is 16.9 Å². The quantitative estimate of drug-likeness (QED) is 0.529. The maximum atomic E-state index is 13.3. The first kappa shape index (κ1) is 21.6. The summed E-state index contributed by atoms with van der Waals surface area (Å²) in [5, 5.41) is 0. The van der Waals surface area contributed by atoms with Crippen molar-refractivity contribution in [3.05, 3.63) is 54.1 Å². The molecule has 2 aromatic carbocycles. The van der Waals surface area contributed by atoms with Gasteiger partial charge in [0.2, 0.25) is 11.8 Å². The summed E-state index contributed by atoms with van der Waals surface area (Å²) in [7, 11) is 4.49. The van der Waals surface area contributed by atoms with Gasteiger partial charge in [0.1, 0.15) is 11.3 Å². The number of imide groups is 1. The van der Waals surface area contributed by atoms with Crippen LogP contribution in [0.2, 0.25) is 0 Å². The van der Waals surface area contributed by atoms with Crippen LogP contribution in [-0.2, 0) is 19.1 Å². The van der Waals surface area contributed by atoms with Crippen molar-refractivity contribution in [3.63, 3.8) is 0 Å². The van der Waals surface area contributed by atoms with E-state index in [1.54, 1.807) is 7.11 Å². The number of piperidine rings is 1. The molecule has 33 heavy (non-hydrogen) atoms. The topological polar surface area (TPSA) is 76.2 Å². The fourth-order valence-corrected chi connectivity index (χ4v) is 6.25. The first-order valence-electron chi connectivity index (χ1n) is 11.4. The Bertz CT molecular complexity index is 1120. The van der Waals surface area contributed by atoms with Crippen molar-refractivity contribution in [2.45, 2.75) is 30.8 Å². The summed E-state index contributed by atoms with van der Waals surface area (Å²) in [6.07, 6.45) is 2.21. The lowest BCUT2D eigenvalue weighted by Gasteiger charge is -2.44. The van der Waals surface area contributed by atoms with Crippen LogP contribution < -0.4 is 4.74 Å². The first-order valence-corrected chi connectivity index (χ1v) is 11.4. The molecule has 5 rings (SSSR count). The zero-order valence-electron chi connectivity index (χ0n) is 19.1. The first-order chi connectivity index (χ1) is 16.0. The highest BCUT2D eigenvalue weighted by molar-refractivity contribution is 6.09. The summed E-state index contributed by atoms with van der Waals surface area (Å²) >= 11 is 0. The number of likely N-dealkylation sites (tertiary alicyclic amines) is 1. The molecule has 0 aromatic heterocycles. The highest BCUT2D eigenvalue weighted by Gasteiger charge is 2.72. The third-order valence-electron chi connectivity index (χ3n) is 7.67. The van der Waals surface area contributed by atoms with Crippen LogP contribution in [0.5, 0.6) is 5.75 Å². The van der Waals surface area contributed by atoms with Gasteiger partial charge in [-0.1, -0.05) is 42.5 Å². The lowest BCUT2D eigenvalue weighted by Crippen LogP contribution is -2.59. The van der Waals surface area contributed by atoms with Crippen LogP contribution in [0.1, 0.15) is 30.9 Å². The van der Waals surface area contributed by atoms with Crippen LogP contribution in [0, 0.1) is 11.8 Å². The minimum Gasteiger partial charge on any atom is -0.496 e. The number of rotatable bonds is 4. The SMILES string of the molecule is COC(=O)[C@@]12CCCCN1[C@H](c1ccc(-c3ccccc3)c(OC)c1)[C@H]1C(=O)N(C)C(=O)[C@H]12. The van der Waals surface area contributed by atoms with Crippen molar-refractivity contribution >= 4 is 17.8 Å². The predicted molar refractivity (Wildman–Crippen MR) is 121 cm³/mol. The largest absolute Gasteiger partial charge is 0.496 e. The summed E-state index contributed by atoms with van der Waals surface area (Å²) in [5.41, 5.74) is 1.72. The Balaban J connectivity index is 1.67. The number of amides is 2. The summed E-state index contributed by atoms with van der Waals surface area (Å²) < 4.78 is 11.0. The van der Waals surface area contributed by atoms with Crippen LogP contribution >= 0.6 is 0 Å². The van der Waals surface area contributed by atoms with Crippen molar-refractivity contribution in [2.24, 2.45) is 11.8 Å². The number of ether oxygens (including phenoxy) is 2. The molecule has 0 radical (unpaired) electrons. The van der Waals surface area contributed by atoms with Gasteiger partial charge in [-0.05, 0) is 43.0 Å². The number of methoxy groups -OCH3 is 2. The molecule has 0 unspecified atom stereocenters. The number of benzene rings is 2. The molecule has 0 N–H and O–H groups in total. The average Bonchev–Trinajstić information content (AvgIpc) is 3.29. The standard InChI is InChI=1S/C26H28N2O5/c1-27-23(29)20-21(24(27)30)26(25(31)33-3)13-7-8-14-28(26)22(20)17-11-12-18(19(15-17)32-2)16-9-5-4-6-10-16/h4-6,9-12,15,20-22H,7-8,13-14H2,1-3H3/t20-,21-,22+,26-/m0/s1. The molecule has 3 heterocycles. The Kier molecular flexibility index (Phi) is 5.24. The van der Waals surface area contributed by atoms with E-state index in [0.717, 1.165) is 29.5 Å². The summed E-state index contributed by atoms with van der Waals surface area (Å²) in [6, 6.07) is 15.5. The van der Waals surface area contributed by atoms with Crippen LogP contribution in [0.3, 0.4) is 0 Å². The second-order valence-electron chi connectivity index (χ2n) is 9.08. The lowest BCUT2D eigenvalue weighted by molar-refractivity contribution is -0.163. The molecule has 0 aliphatic carbocycles. The van der Waals surface area contributed by atoms with Gasteiger partial charge in [-0.15, -0.1) is 0 Å². The third kappa shape index (κ3) is 2.95.